The van der Waals surface area contributed by atoms with E-state index < -0.39 is 17.6 Å². The lowest BCUT2D eigenvalue weighted by atomic mass is 9.72. The molecule has 0 aromatic heterocycles. The van der Waals surface area contributed by atoms with Crippen molar-refractivity contribution in [3.8, 4) is 0 Å². The molecule has 1 saturated carbocycles. The summed E-state index contributed by atoms with van der Waals surface area (Å²) in [5.74, 6) is -0.604. The van der Waals surface area contributed by atoms with E-state index in [1.165, 1.54) is 0 Å². The number of alkyl halides is 1. The molecule has 1 atom stereocenters. The van der Waals surface area contributed by atoms with Crippen molar-refractivity contribution in [1.82, 2.24) is 15.5 Å². The fourth-order valence-electron chi connectivity index (χ4n) is 4.53. The van der Waals surface area contributed by atoms with Crippen molar-refractivity contribution in [3.63, 3.8) is 0 Å². The van der Waals surface area contributed by atoms with Crippen LogP contribution < -0.4 is 16.4 Å². The number of halogens is 1. The normalized spacial score (nSPS) is 29.5. The minimum absolute atomic E-state index is 0.0698. The number of nitrogens with zero attached hydrogens (tertiary/aromatic N) is 1. The number of imide groups is 1. The molecular weight excluding hydrogens is 363 g/mol. The van der Waals surface area contributed by atoms with Gasteiger partial charge < -0.3 is 16.0 Å². The number of piperidine rings is 1. The van der Waals surface area contributed by atoms with Gasteiger partial charge in [-0.15, -0.1) is 0 Å². The second kappa shape index (κ2) is 7.25. The lowest BCUT2D eigenvalue weighted by Gasteiger charge is -2.40. The first-order chi connectivity index (χ1) is 13.4. The van der Waals surface area contributed by atoms with Gasteiger partial charge in [-0.05, 0) is 42.9 Å². The largest absolute Gasteiger partial charge is 0.328 e. The molecule has 1 unspecified atom stereocenters. The van der Waals surface area contributed by atoms with E-state index in [1.807, 2.05) is 18.2 Å². The highest BCUT2D eigenvalue weighted by atomic mass is 19.1. The number of hydrogen-bond acceptors (Lipinski definition) is 5. The van der Waals surface area contributed by atoms with Crippen molar-refractivity contribution in [1.29, 1.82) is 0 Å². The summed E-state index contributed by atoms with van der Waals surface area (Å²) in [5.41, 5.74) is 6.63. The van der Waals surface area contributed by atoms with Gasteiger partial charge in [-0.1, -0.05) is 18.2 Å². The van der Waals surface area contributed by atoms with Gasteiger partial charge in [0.05, 0.1) is 0 Å². The molecule has 1 saturated heterocycles. The van der Waals surface area contributed by atoms with E-state index in [0.29, 0.717) is 44.5 Å². The van der Waals surface area contributed by atoms with Crippen molar-refractivity contribution in [2.75, 3.05) is 13.1 Å². The first kappa shape index (κ1) is 19.0. The Morgan fingerprint density at radius 1 is 1.29 bits per heavy atom. The topological polar surface area (TPSA) is 105 Å². The molecule has 1 aromatic rings. The zero-order valence-corrected chi connectivity index (χ0v) is 15.7. The van der Waals surface area contributed by atoms with Crippen LogP contribution in [0.15, 0.2) is 18.2 Å². The number of carbonyl (C=O) groups is 3. The van der Waals surface area contributed by atoms with Crippen LogP contribution in [0.25, 0.3) is 0 Å². The van der Waals surface area contributed by atoms with Crippen LogP contribution in [0, 0.1) is 5.92 Å². The fraction of sp³-hybridized carbons (Fsp3) is 0.550. The lowest BCUT2D eigenvalue weighted by molar-refractivity contribution is -0.136. The highest BCUT2D eigenvalue weighted by Crippen LogP contribution is 2.40. The lowest BCUT2D eigenvalue weighted by Crippen LogP contribution is -2.52. The summed E-state index contributed by atoms with van der Waals surface area (Å²) in [6, 6.07) is 5.09. The molecule has 150 valence electrons. The van der Waals surface area contributed by atoms with Gasteiger partial charge in [0.2, 0.25) is 11.8 Å². The Morgan fingerprint density at radius 2 is 2.07 bits per heavy atom. The maximum absolute atomic E-state index is 13.9. The highest BCUT2D eigenvalue weighted by Gasteiger charge is 2.43. The van der Waals surface area contributed by atoms with Crippen LogP contribution in [0.4, 0.5) is 4.39 Å². The summed E-state index contributed by atoms with van der Waals surface area (Å²) in [7, 11) is 0. The standard InChI is InChI=1S/C20H25FN4O3/c21-20(11-22)6-12(7-20)8-23-9-13-2-1-3-14-10-25(19(28)17(13)14)15-4-5-16(26)24-18(15)27/h1-3,12,15,23H,4-11,22H2,(H,24,26,27). The summed E-state index contributed by atoms with van der Waals surface area (Å²) in [6.07, 6.45) is 1.55. The van der Waals surface area contributed by atoms with Gasteiger partial charge in [-0.3, -0.25) is 19.7 Å². The van der Waals surface area contributed by atoms with Crippen LogP contribution in [-0.4, -0.2) is 47.4 Å². The van der Waals surface area contributed by atoms with Gasteiger partial charge in [0.25, 0.3) is 5.91 Å². The van der Waals surface area contributed by atoms with E-state index in [9.17, 15) is 18.8 Å². The van der Waals surface area contributed by atoms with Crippen molar-refractivity contribution < 1.29 is 18.8 Å². The number of hydrogen-bond donors (Lipinski definition) is 3. The van der Waals surface area contributed by atoms with Crippen LogP contribution in [0.2, 0.25) is 0 Å². The summed E-state index contributed by atoms with van der Waals surface area (Å²) >= 11 is 0. The Kier molecular flexibility index (Phi) is 4.93. The van der Waals surface area contributed by atoms with Crippen LogP contribution >= 0.6 is 0 Å². The number of amides is 3. The third-order valence-electron chi connectivity index (χ3n) is 6.06. The molecule has 2 fully saturated rings. The number of rotatable bonds is 6. The smallest absolute Gasteiger partial charge is 0.255 e. The Labute approximate surface area is 162 Å². The molecule has 0 radical (unpaired) electrons. The Morgan fingerprint density at radius 3 is 2.79 bits per heavy atom. The molecule has 2 aliphatic heterocycles. The van der Waals surface area contributed by atoms with Crippen LogP contribution in [-0.2, 0) is 22.7 Å². The predicted molar refractivity (Wildman–Crippen MR) is 99.8 cm³/mol. The van der Waals surface area contributed by atoms with Crippen LogP contribution in [0.3, 0.4) is 0 Å². The van der Waals surface area contributed by atoms with Crippen molar-refractivity contribution >= 4 is 17.7 Å². The number of nitrogens with one attached hydrogen (secondary N) is 2. The minimum atomic E-state index is -1.21. The molecule has 4 N–H and O–H groups in total. The van der Waals surface area contributed by atoms with Gasteiger partial charge in [-0.2, -0.15) is 0 Å². The van der Waals surface area contributed by atoms with E-state index in [1.54, 1.807) is 4.90 Å². The number of benzene rings is 1. The van der Waals surface area contributed by atoms with Crippen LogP contribution in [0.1, 0.15) is 47.2 Å². The second-order valence-electron chi connectivity index (χ2n) is 8.11. The molecular formula is C20H25FN4O3. The molecule has 0 spiro atoms. The molecule has 1 aromatic carbocycles. The minimum Gasteiger partial charge on any atom is -0.328 e. The molecule has 8 heteroatoms. The Hall–Kier alpha value is -2.32. The molecule has 3 aliphatic rings. The highest BCUT2D eigenvalue weighted by molar-refractivity contribution is 6.05. The monoisotopic (exact) mass is 388 g/mol. The number of carbonyl (C=O) groups excluding carboxylic acids is 3. The maximum Gasteiger partial charge on any atom is 0.255 e. The van der Waals surface area contributed by atoms with E-state index in [4.69, 9.17) is 5.73 Å². The first-order valence-corrected chi connectivity index (χ1v) is 9.75. The fourth-order valence-corrected chi connectivity index (χ4v) is 4.53. The summed E-state index contributed by atoms with van der Waals surface area (Å²) < 4.78 is 13.9. The average molecular weight is 388 g/mol. The van der Waals surface area contributed by atoms with E-state index >= 15 is 0 Å². The van der Waals surface area contributed by atoms with Crippen molar-refractivity contribution in [3.05, 3.63) is 34.9 Å². The van der Waals surface area contributed by atoms with Crippen molar-refractivity contribution in [2.45, 2.75) is 50.5 Å². The van der Waals surface area contributed by atoms with Gasteiger partial charge in [0.15, 0.2) is 0 Å². The summed E-state index contributed by atoms with van der Waals surface area (Å²) in [6.45, 7) is 1.63. The van der Waals surface area contributed by atoms with Gasteiger partial charge in [0.1, 0.15) is 11.7 Å². The van der Waals surface area contributed by atoms with E-state index in [0.717, 1.165) is 11.1 Å². The van der Waals surface area contributed by atoms with E-state index in [2.05, 4.69) is 10.6 Å². The molecule has 4 rings (SSSR count). The summed E-state index contributed by atoms with van der Waals surface area (Å²) in [4.78, 5) is 38.1. The third-order valence-corrected chi connectivity index (χ3v) is 6.06. The Balaban J connectivity index is 1.39. The molecule has 7 nitrogen and oxygen atoms in total. The maximum atomic E-state index is 13.9. The third kappa shape index (κ3) is 3.42. The van der Waals surface area contributed by atoms with Crippen molar-refractivity contribution in [2.24, 2.45) is 11.7 Å². The number of fused-ring (bicyclic) bond motifs is 1. The summed E-state index contributed by atoms with van der Waals surface area (Å²) in [5, 5.41) is 5.64. The molecule has 28 heavy (non-hydrogen) atoms. The van der Waals surface area contributed by atoms with Gasteiger partial charge in [-0.25, -0.2) is 4.39 Å². The predicted octanol–water partition coefficient (Wildman–Crippen LogP) is 0.614. The van der Waals surface area contributed by atoms with E-state index in [-0.39, 0.29) is 30.7 Å². The SMILES string of the molecule is NCC1(F)CC(CNCc2cccc3c2C(=O)N(C2CCC(=O)NC2=O)C3)C1. The second-order valence-corrected chi connectivity index (χ2v) is 8.11. The quantitative estimate of drug-likeness (QED) is 0.620. The zero-order valence-electron chi connectivity index (χ0n) is 15.7. The molecule has 0 bridgehead atoms. The van der Waals surface area contributed by atoms with Gasteiger partial charge >= 0.3 is 0 Å². The van der Waals surface area contributed by atoms with Gasteiger partial charge in [0, 0.05) is 31.6 Å². The Bertz CT molecular complexity index is 822. The molecule has 1 aliphatic carbocycles. The van der Waals surface area contributed by atoms with Crippen LogP contribution in [0.5, 0.6) is 0 Å². The number of nitrogens with two attached hydrogens (primary N) is 1. The first-order valence-electron chi connectivity index (χ1n) is 9.75. The molecule has 3 amide bonds. The zero-order chi connectivity index (χ0) is 19.9. The molecule has 2 heterocycles. The average Bonchev–Trinajstić information content (AvgIpc) is 2.97.